The van der Waals surface area contributed by atoms with Gasteiger partial charge in [-0.1, -0.05) is 11.6 Å². The largest absolute Gasteiger partial charge is 0.318 e. The van der Waals surface area contributed by atoms with Crippen molar-refractivity contribution in [3.63, 3.8) is 0 Å². The summed E-state index contributed by atoms with van der Waals surface area (Å²) in [6, 6.07) is 2.43. The molecule has 0 saturated carbocycles. The molecule has 0 aliphatic carbocycles. The number of nitrogens with one attached hydrogen (secondary N) is 1. The Morgan fingerprint density at radius 3 is 2.76 bits per heavy atom. The van der Waals surface area contributed by atoms with Crippen LogP contribution >= 0.6 is 11.6 Å². The fourth-order valence-corrected chi connectivity index (χ4v) is 2.03. The summed E-state index contributed by atoms with van der Waals surface area (Å²) in [6.07, 6.45) is 0. The molecule has 1 aromatic carbocycles. The molecule has 1 aliphatic heterocycles. The van der Waals surface area contributed by atoms with E-state index in [-0.39, 0.29) is 22.8 Å². The van der Waals surface area contributed by atoms with Crippen LogP contribution in [0, 0.1) is 5.82 Å². The highest BCUT2D eigenvalue weighted by Crippen LogP contribution is 2.36. The molecular weight excluding hydrogens is 247 g/mol. The molecule has 1 heterocycles. The number of hydrogen-bond donors (Lipinski definition) is 1. The standard InChI is InChI=1S/C11H10ClFN2O2/c1-14-4-5-15-9-7(13)3-2-6(12)8(9)10(16)11(15)17/h2-3,14H,4-5H2,1H3. The molecule has 0 saturated heterocycles. The SMILES string of the molecule is CNCCN1C(=O)C(=O)c2c(Cl)ccc(F)c21. The Hall–Kier alpha value is -1.46. The number of ketones is 1. The molecule has 17 heavy (non-hydrogen) atoms. The monoisotopic (exact) mass is 256 g/mol. The van der Waals surface area contributed by atoms with Crippen LogP contribution in [-0.4, -0.2) is 31.8 Å². The molecule has 1 N–H and O–H groups in total. The van der Waals surface area contributed by atoms with Gasteiger partial charge in [-0.2, -0.15) is 0 Å². The summed E-state index contributed by atoms with van der Waals surface area (Å²) in [5.41, 5.74) is -0.0458. The van der Waals surface area contributed by atoms with Gasteiger partial charge in [0.25, 0.3) is 11.7 Å². The zero-order chi connectivity index (χ0) is 12.6. The van der Waals surface area contributed by atoms with E-state index in [1.807, 2.05) is 0 Å². The zero-order valence-corrected chi connectivity index (χ0v) is 9.84. The Kier molecular flexibility index (Phi) is 3.13. The number of rotatable bonds is 3. The Morgan fingerprint density at radius 1 is 1.41 bits per heavy atom. The molecule has 0 fully saturated rings. The third-order valence-corrected chi connectivity index (χ3v) is 2.91. The molecule has 2 rings (SSSR count). The van der Waals surface area contributed by atoms with Crippen molar-refractivity contribution in [2.24, 2.45) is 0 Å². The van der Waals surface area contributed by atoms with Gasteiger partial charge < -0.3 is 10.2 Å². The van der Waals surface area contributed by atoms with Gasteiger partial charge in [-0.15, -0.1) is 0 Å². The quantitative estimate of drug-likeness (QED) is 0.828. The minimum atomic E-state index is -0.749. The lowest BCUT2D eigenvalue weighted by Gasteiger charge is -2.16. The first-order chi connectivity index (χ1) is 8.07. The number of benzene rings is 1. The van der Waals surface area contributed by atoms with Gasteiger partial charge >= 0.3 is 0 Å². The summed E-state index contributed by atoms with van der Waals surface area (Å²) in [6.45, 7) is 0.690. The van der Waals surface area contributed by atoms with Crippen molar-refractivity contribution in [1.29, 1.82) is 0 Å². The number of amides is 1. The molecule has 1 aliphatic rings. The fraction of sp³-hybridized carbons (Fsp3) is 0.273. The summed E-state index contributed by atoms with van der Waals surface area (Å²) in [5, 5.41) is 2.94. The summed E-state index contributed by atoms with van der Waals surface area (Å²) < 4.78 is 13.7. The van der Waals surface area contributed by atoms with E-state index in [2.05, 4.69) is 5.32 Å². The zero-order valence-electron chi connectivity index (χ0n) is 9.09. The first kappa shape index (κ1) is 12.0. The van der Waals surface area contributed by atoms with E-state index in [1.165, 1.54) is 6.07 Å². The van der Waals surface area contributed by atoms with Gasteiger partial charge in [0, 0.05) is 13.1 Å². The van der Waals surface area contributed by atoms with E-state index in [1.54, 1.807) is 7.05 Å². The Balaban J connectivity index is 2.52. The van der Waals surface area contributed by atoms with E-state index >= 15 is 0 Å². The van der Waals surface area contributed by atoms with Crippen molar-refractivity contribution in [2.75, 3.05) is 25.0 Å². The van der Waals surface area contributed by atoms with E-state index in [0.29, 0.717) is 6.54 Å². The number of anilines is 1. The summed E-state index contributed by atoms with van der Waals surface area (Å²) in [5.74, 6) is -2.09. The van der Waals surface area contributed by atoms with Crippen LogP contribution in [-0.2, 0) is 4.79 Å². The lowest BCUT2D eigenvalue weighted by molar-refractivity contribution is -0.114. The number of hydrogen-bond acceptors (Lipinski definition) is 3. The van der Waals surface area contributed by atoms with Gasteiger partial charge in [-0.05, 0) is 19.2 Å². The minimum Gasteiger partial charge on any atom is -0.318 e. The van der Waals surface area contributed by atoms with Crippen LogP contribution in [0.1, 0.15) is 10.4 Å². The summed E-state index contributed by atoms with van der Waals surface area (Å²) >= 11 is 5.82. The number of carbonyl (C=O) groups excluding carboxylic acids is 2. The van der Waals surface area contributed by atoms with Crippen molar-refractivity contribution < 1.29 is 14.0 Å². The smallest absolute Gasteiger partial charge is 0.299 e. The third kappa shape index (κ3) is 1.81. The molecule has 0 radical (unpaired) electrons. The maximum absolute atomic E-state index is 13.7. The second-order valence-corrected chi connectivity index (χ2v) is 4.05. The topological polar surface area (TPSA) is 49.4 Å². The first-order valence-electron chi connectivity index (χ1n) is 5.06. The van der Waals surface area contributed by atoms with Gasteiger partial charge in [0.05, 0.1) is 16.3 Å². The van der Waals surface area contributed by atoms with Crippen LogP contribution in [0.2, 0.25) is 5.02 Å². The van der Waals surface area contributed by atoms with E-state index in [9.17, 15) is 14.0 Å². The maximum Gasteiger partial charge on any atom is 0.299 e. The molecule has 4 nitrogen and oxygen atoms in total. The summed E-state index contributed by atoms with van der Waals surface area (Å²) in [4.78, 5) is 24.5. The number of halogens is 2. The van der Waals surface area contributed by atoms with Crippen LogP contribution < -0.4 is 10.2 Å². The van der Waals surface area contributed by atoms with E-state index in [4.69, 9.17) is 11.6 Å². The molecule has 1 aromatic rings. The fourth-order valence-electron chi connectivity index (χ4n) is 1.79. The predicted molar refractivity (Wildman–Crippen MR) is 62.0 cm³/mol. The van der Waals surface area contributed by atoms with Crippen molar-refractivity contribution in [1.82, 2.24) is 5.32 Å². The van der Waals surface area contributed by atoms with Gasteiger partial charge in [0.15, 0.2) is 0 Å². The van der Waals surface area contributed by atoms with Crippen molar-refractivity contribution in [3.05, 3.63) is 28.5 Å². The number of likely N-dealkylation sites (N-methyl/N-ethyl adjacent to an activating group) is 1. The van der Waals surface area contributed by atoms with Gasteiger partial charge in [0.2, 0.25) is 0 Å². The molecule has 0 unspecified atom stereocenters. The third-order valence-electron chi connectivity index (χ3n) is 2.60. The van der Waals surface area contributed by atoms with E-state index < -0.39 is 17.5 Å². The average molecular weight is 257 g/mol. The highest BCUT2D eigenvalue weighted by Gasteiger charge is 2.39. The van der Waals surface area contributed by atoms with Crippen LogP contribution in [0.3, 0.4) is 0 Å². The van der Waals surface area contributed by atoms with Gasteiger partial charge in [-0.3, -0.25) is 9.59 Å². The number of carbonyl (C=O) groups is 2. The van der Waals surface area contributed by atoms with E-state index in [0.717, 1.165) is 11.0 Å². The highest BCUT2D eigenvalue weighted by atomic mass is 35.5. The van der Waals surface area contributed by atoms with Crippen molar-refractivity contribution in [3.8, 4) is 0 Å². The molecule has 6 heteroatoms. The summed E-state index contributed by atoms with van der Waals surface area (Å²) in [7, 11) is 1.71. The minimum absolute atomic E-state index is 0.0113. The lowest BCUT2D eigenvalue weighted by Crippen LogP contribution is -2.35. The van der Waals surface area contributed by atoms with Crippen LogP contribution in [0.25, 0.3) is 0 Å². The Bertz CT molecular complexity index is 504. The maximum atomic E-state index is 13.7. The van der Waals surface area contributed by atoms with Crippen LogP contribution in [0.5, 0.6) is 0 Å². The molecule has 0 spiro atoms. The second-order valence-electron chi connectivity index (χ2n) is 3.64. The molecule has 0 aromatic heterocycles. The molecular formula is C11H10ClFN2O2. The number of nitrogens with zero attached hydrogens (tertiary/aromatic N) is 1. The number of fused-ring (bicyclic) bond motifs is 1. The van der Waals surface area contributed by atoms with Crippen LogP contribution in [0.4, 0.5) is 10.1 Å². The number of Topliss-reactive ketones (excluding diaryl/α,β-unsaturated/α-hetero) is 1. The average Bonchev–Trinajstić information content (AvgIpc) is 2.56. The van der Waals surface area contributed by atoms with Crippen LogP contribution in [0.15, 0.2) is 12.1 Å². The van der Waals surface area contributed by atoms with Crippen molar-refractivity contribution in [2.45, 2.75) is 0 Å². The predicted octanol–water partition coefficient (Wildman–Crippen LogP) is 1.23. The van der Waals surface area contributed by atoms with Gasteiger partial charge in [-0.25, -0.2) is 4.39 Å². The normalized spacial score (nSPS) is 14.4. The molecule has 1 amide bonds. The molecule has 90 valence electrons. The highest BCUT2D eigenvalue weighted by molar-refractivity contribution is 6.55. The van der Waals surface area contributed by atoms with Crippen molar-refractivity contribution >= 4 is 29.0 Å². The first-order valence-corrected chi connectivity index (χ1v) is 5.44. The molecule has 0 bridgehead atoms. The Labute approximate surface area is 102 Å². The second kappa shape index (κ2) is 4.43. The molecule has 0 atom stereocenters. The lowest BCUT2D eigenvalue weighted by atomic mass is 10.1. The van der Waals surface area contributed by atoms with Gasteiger partial charge in [0.1, 0.15) is 5.82 Å². The Morgan fingerprint density at radius 2 is 2.12 bits per heavy atom.